The van der Waals surface area contributed by atoms with E-state index in [2.05, 4.69) is 17.4 Å². The number of rotatable bonds is 3. The van der Waals surface area contributed by atoms with E-state index in [9.17, 15) is 9.59 Å². The van der Waals surface area contributed by atoms with Crippen molar-refractivity contribution in [3.8, 4) is 0 Å². The monoisotopic (exact) mass is 245 g/mol. The van der Waals surface area contributed by atoms with Gasteiger partial charge in [0.1, 0.15) is 5.41 Å². The first-order chi connectivity index (χ1) is 8.62. The Labute approximate surface area is 105 Å². The third-order valence-electron chi connectivity index (χ3n) is 3.98. The molecule has 2 aliphatic rings. The Morgan fingerprint density at radius 2 is 1.72 bits per heavy atom. The van der Waals surface area contributed by atoms with Gasteiger partial charge in [-0.15, -0.1) is 0 Å². The molecule has 94 valence electrons. The molecule has 0 radical (unpaired) electrons. The molecule has 1 amide bonds. The molecule has 4 nitrogen and oxygen atoms in total. The van der Waals surface area contributed by atoms with Crippen LogP contribution < -0.4 is 5.32 Å². The van der Waals surface area contributed by atoms with Crippen molar-refractivity contribution in [3.05, 3.63) is 35.4 Å². The lowest BCUT2D eigenvalue weighted by Crippen LogP contribution is -2.43. The molecule has 0 spiro atoms. The fourth-order valence-corrected chi connectivity index (χ4v) is 2.65. The van der Waals surface area contributed by atoms with Crippen molar-refractivity contribution in [2.24, 2.45) is 5.41 Å². The molecule has 18 heavy (non-hydrogen) atoms. The zero-order valence-corrected chi connectivity index (χ0v) is 9.98. The Bertz CT molecular complexity index is 495. The zero-order chi connectivity index (χ0) is 12.8. The van der Waals surface area contributed by atoms with Crippen LogP contribution in [0.2, 0.25) is 0 Å². The van der Waals surface area contributed by atoms with Crippen molar-refractivity contribution in [1.29, 1.82) is 0 Å². The highest BCUT2D eigenvalue weighted by Gasteiger charge is 2.57. The number of carboxylic acids is 1. The number of carbonyl (C=O) groups is 2. The summed E-state index contributed by atoms with van der Waals surface area (Å²) in [5.74, 6) is -1.30. The number of carbonyl (C=O) groups excluding carboxylic acids is 1. The molecule has 0 aliphatic heterocycles. The quantitative estimate of drug-likeness (QED) is 0.785. The maximum atomic E-state index is 12.0. The molecule has 3 rings (SSSR count). The van der Waals surface area contributed by atoms with Crippen molar-refractivity contribution in [2.45, 2.75) is 31.7 Å². The number of benzene rings is 1. The molecular formula is C14H15NO3. The number of nitrogens with one attached hydrogen (secondary N) is 1. The van der Waals surface area contributed by atoms with Gasteiger partial charge in [0, 0.05) is 6.04 Å². The maximum Gasteiger partial charge on any atom is 0.319 e. The van der Waals surface area contributed by atoms with Gasteiger partial charge < -0.3 is 10.4 Å². The van der Waals surface area contributed by atoms with Crippen LogP contribution in [0.3, 0.4) is 0 Å². The highest BCUT2D eigenvalue weighted by molar-refractivity contribution is 6.04. The first-order valence-corrected chi connectivity index (χ1v) is 6.23. The van der Waals surface area contributed by atoms with Crippen molar-refractivity contribution in [3.63, 3.8) is 0 Å². The summed E-state index contributed by atoms with van der Waals surface area (Å²) in [5, 5.41) is 12.0. The van der Waals surface area contributed by atoms with E-state index >= 15 is 0 Å². The van der Waals surface area contributed by atoms with Crippen LogP contribution in [0.15, 0.2) is 24.3 Å². The molecular weight excluding hydrogens is 230 g/mol. The molecule has 2 N–H and O–H groups in total. The predicted octanol–water partition coefficient (Wildman–Crippen LogP) is 1.13. The summed E-state index contributed by atoms with van der Waals surface area (Å²) in [4.78, 5) is 23.0. The Kier molecular flexibility index (Phi) is 2.40. The first kappa shape index (κ1) is 11.3. The summed E-state index contributed by atoms with van der Waals surface area (Å²) in [6, 6.07) is 8.15. The van der Waals surface area contributed by atoms with E-state index in [1.165, 1.54) is 11.1 Å². The predicted molar refractivity (Wildman–Crippen MR) is 65.1 cm³/mol. The molecule has 1 saturated carbocycles. The molecule has 2 aliphatic carbocycles. The van der Waals surface area contributed by atoms with Crippen LogP contribution in [0.1, 0.15) is 24.0 Å². The standard InChI is InChI=1S/C14H15NO3/c16-12(14(5-6-14)13(17)18)15-11-7-9-3-1-2-4-10(9)8-11/h1-4,11H,5-8H2,(H,15,16)(H,17,18). The second-order valence-electron chi connectivity index (χ2n) is 5.23. The Hall–Kier alpha value is -1.84. The van der Waals surface area contributed by atoms with Gasteiger partial charge in [0.2, 0.25) is 5.91 Å². The van der Waals surface area contributed by atoms with Gasteiger partial charge in [-0.3, -0.25) is 9.59 Å². The number of aliphatic carboxylic acids is 1. The summed E-state index contributed by atoms with van der Waals surface area (Å²) >= 11 is 0. The SMILES string of the molecule is O=C(O)C1(C(=O)NC2Cc3ccccc3C2)CC1. The third kappa shape index (κ3) is 1.68. The van der Waals surface area contributed by atoms with Crippen LogP contribution >= 0.6 is 0 Å². The van der Waals surface area contributed by atoms with E-state index < -0.39 is 11.4 Å². The molecule has 0 saturated heterocycles. The second-order valence-corrected chi connectivity index (χ2v) is 5.23. The van der Waals surface area contributed by atoms with Crippen molar-refractivity contribution < 1.29 is 14.7 Å². The summed E-state index contributed by atoms with van der Waals surface area (Å²) in [6.45, 7) is 0. The third-order valence-corrected chi connectivity index (χ3v) is 3.98. The van der Waals surface area contributed by atoms with Crippen LogP contribution in [0, 0.1) is 5.41 Å². The van der Waals surface area contributed by atoms with Crippen LogP contribution in [0.25, 0.3) is 0 Å². The zero-order valence-electron chi connectivity index (χ0n) is 9.98. The lowest BCUT2D eigenvalue weighted by molar-refractivity contribution is -0.149. The lowest BCUT2D eigenvalue weighted by atomic mass is 10.1. The van der Waals surface area contributed by atoms with Gasteiger partial charge in [-0.05, 0) is 36.8 Å². The minimum atomic E-state index is -1.13. The molecule has 1 aromatic carbocycles. The highest BCUT2D eigenvalue weighted by atomic mass is 16.4. The summed E-state index contributed by atoms with van der Waals surface area (Å²) in [7, 11) is 0. The number of hydrogen-bond donors (Lipinski definition) is 2. The largest absolute Gasteiger partial charge is 0.480 e. The van der Waals surface area contributed by atoms with Crippen LogP contribution in [0.4, 0.5) is 0 Å². The van der Waals surface area contributed by atoms with E-state index in [1.807, 2.05) is 12.1 Å². The number of amides is 1. The van der Waals surface area contributed by atoms with Gasteiger partial charge in [0.05, 0.1) is 0 Å². The Balaban J connectivity index is 1.67. The average molecular weight is 245 g/mol. The van der Waals surface area contributed by atoms with E-state index in [0.717, 1.165) is 12.8 Å². The maximum absolute atomic E-state index is 12.0. The molecule has 1 fully saturated rings. The molecule has 0 heterocycles. The van der Waals surface area contributed by atoms with Gasteiger partial charge in [0.15, 0.2) is 0 Å². The number of fused-ring (bicyclic) bond motifs is 1. The molecule has 0 bridgehead atoms. The van der Waals surface area contributed by atoms with Crippen LogP contribution in [-0.2, 0) is 22.4 Å². The molecule has 1 aromatic rings. The van der Waals surface area contributed by atoms with Crippen molar-refractivity contribution in [2.75, 3.05) is 0 Å². The fourth-order valence-electron chi connectivity index (χ4n) is 2.65. The molecule has 4 heteroatoms. The number of carboxylic acid groups (broad SMARTS) is 1. The molecule has 0 unspecified atom stereocenters. The summed E-state index contributed by atoms with van der Waals surface area (Å²) in [6.07, 6.45) is 2.54. The number of hydrogen-bond acceptors (Lipinski definition) is 2. The molecule has 0 atom stereocenters. The highest BCUT2D eigenvalue weighted by Crippen LogP contribution is 2.46. The smallest absolute Gasteiger partial charge is 0.319 e. The van der Waals surface area contributed by atoms with Gasteiger partial charge in [-0.1, -0.05) is 24.3 Å². The van der Waals surface area contributed by atoms with Crippen LogP contribution in [-0.4, -0.2) is 23.0 Å². The average Bonchev–Trinajstić information content (AvgIpc) is 3.05. The normalized spacial score (nSPS) is 20.2. The van der Waals surface area contributed by atoms with E-state index in [0.29, 0.717) is 12.8 Å². The second kappa shape index (κ2) is 3.83. The topological polar surface area (TPSA) is 66.4 Å². The van der Waals surface area contributed by atoms with Gasteiger partial charge >= 0.3 is 5.97 Å². The van der Waals surface area contributed by atoms with Gasteiger partial charge in [-0.2, -0.15) is 0 Å². The Morgan fingerprint density at radius 1 is 1.17 bits per heavy atom. The molecule has 0 aromatic heterocycles. The lowest BCUT2D eigenvalue weighted by Gasteiger charge is -2.15. The first-order valence-electron chi connectivity index (χ1n) is 6.23. The summed E-state index contributed by atoms with van der Waals surface area (Å²) < 4.78 is 0. The van der Waals surface area contributed by atoms with Crippen molar-refractivity contribution in [1.82, 2.24) is 5.32 Å². The van der Waals surface area contributed by atoms with Crippen LogP contribution in [0.5, 0.6) is 0 Å². The Morgan fingerprint density at radius 3 is 2.17 bits per heavy atom. The van der Waals surface area contributed by atoms with E-state index in [1.54, 1.807) is 0 Å². The van der Waals surface area contributed by atoms with Gasteiger partial charge in [0.25, 0.3) is 0 Å². The summed E-state index contributed by atoms with van der Waals surface area (Å²) in [5.41, 5.74) is 1.38. The van der Waals surface area contributed by atoms with Gasteiger partial charge in [-0.25, -0.2) is 0 Å². The van der Waals surface area contributed by atoms with Crippen molar-refractivity contribution >= 4 is 11.9 Å². The fraction of sp³-hybridized carbons (Fsp3) is 0.429. The minimum Gasteiger partial charge on any atom is -0.480 e. The minimum absolute atomic E-state index is 0.0479. The van der Waals surface area contributed by atoms with E-state index in [-0.39, 0.29) is 11.9 Å². The van der Waals surface area contributed by atoms with E-state index in [4.69, 9.17) is 5.11 Å².